The fourth-order valence-corrected chi connectivity index (χ4v) is 1.90. The number of H-pyrrole nitrogens is 1. The summed E-state index contributed by atoms with van der Waals surface area (Å²) in [7, 11) is 1.79. The number of hydrogen-bond acceptors (Lipinski definition) is 3. The highest BCUT2D eigenvalue weighted by atomic mass is 35.5. The van der Waals surface area contributed by atoms with Crippen LogP contribution >= 0.6 is 11.6 Å². The standard InChI is InChI=1S/C11H14ClN5O/c1-17-6-8(12)5-9(17)11(18)13-4-2-3-10-14-7-15-16-10/h5-7H,2-4H2,1H3,(H,13,18)(H,14,15,16). The van der Waals surface area contributed by atoms with Gasteiger partial charge in [-0.05, 0) is 12.5 Å². The van der Waals surface area contributed by atoms with Gasteiger partial charge >= 0.3 is 0 Å². The Morgan fingerprint density at radius 2 is 2.44 bits per heavy atom. The summed E-state index contributed by atoms with van der Waals surface area (Å²) in [6.07, 6.45) is 4.73. The van der Waals surface area contributed by atoms with Gasteiger partial charge in [-0.15, -0.1) is 0 Å². The highest BCUT2D eigenvalue weighted by molar-refractivity contribution is 6.31. The molecule has 0 saturated carbocycles. The molecule has 0 unspecified atom stereocenters. The summed E-state index contributed by atoms with van der Waals surface area (Å²) in [5.74, 6) is 0.702. The quantitative estimate of drug-likeness (QED) is 0.798. The van der Waals surface area contributed by atoms with E-state index in [2.05, 4.69) is 20.5 Å². The van der Waals surface area contributed by atoms with Crippen LogP contribution in [0.4, 0.5) is 0 Å². The van der Waals surface area contributed by atoms with E-state index in [0.29, 0.717) is 17.3 Å². The Labute approximate surface area is 109 Å². The number of aromatic nitrogens is 4. The molecule has 96 valence electrons. The molecule has 0 aliphatic carbocycles. The van der Waals surface area contributed by atoms with Gasteiger partial charge in [-0.1, -0.05) is 11.6 Å². The van der Waals surface area contributed by atoms with Gasteiger partial charge in [0.05, 0.1) is 5.02 Å². The third kappa shape index (κ3) is 3.10. The minimum atomic E-state index is -0.123. The Morgan fingerprint density at radius 3 is 3.06 bits per heavy atom. The summed E-state index contributed by atoms with van der Waals surface area (Å²) >= 11 is 5.82. The number of nitrogens with zero attached hydrogens (tertiary/aromatic N) is 3. The second kappa shape index (κ2) is 5.68. The number of nitrogens with one attached hydrogen (secondary N) is 2. The zero-order chi connectivity index (χ0) is 13.0. The van der Waals surface area contributed by atoms with E-state index in [1.54, 1.807) is 23.9 Å². The van der Waals surface area contributed by atoms with E-state index in [0.717, 1.165) is 18.7 Å². The van der Waals surface area contributed by atoms with Crippen molar-refractivity contribution in [3.05, 3.63) is 35.1 Å². The van der Waals surface area contributed by atoms with E-state index in [-0.39, 0.29) is 5.91 Å². The molecule has 0 aliphatic heterocycles. The fraction of sp³-hybridized carbons (Fsp3) is 0.364. The maximum absolute atomic E-state index is 11.8. The summed E-state index contributed by atoms with van der Waals surface area (Å²) in [6.45, 7) is 0.586. The van der Waals surface area contributed by atoms with Crippen molar-refractivity contribution in [1.29, 1.82) is 0 Å². The van der Waals surface area contributed by atoms with Crippen LogP contribution in [0.5, 0.6) is 0 Å². The summed E-state index contributed by atoms with van der Waals surface area (Å²) < 4.78 is 1.70. The van der Waals surface area contributed by atoms with Gasteiger partial charge in [0.15, 0.2) is 0 Å². The molecule has 0 atom stereocenters. The number of carbonyl (C=O) groups excluding carboxylic acids is 1. The number of rotatable bonds is 5. The molecule has 1 amide bonds. The van der Waals surface area contributed by atoms with Gasteiger partial charge in [0.1, 0.15) is 17.8 Å². The lowest BCUT2D eigenvalue weighted by atomic mass is 10.3. The first-order valence-electron chi connectivity index (χ1n) is 5.61. The molecule has 2 heterocycles. The first-order chi connectivity index (χ1) is 8.66. The molecule has 6 nitrogen and oxygen atoms in total. The molecule has 2 rings (SSSR count). The van der Waals surface area contributed by atoms with Crippen LogP contribution in [0, 0.1) is 0 Å². The number of aryl methyl sites for hydroxylation is 2. The van der Waals surface area contributed by atoms with Crippen molar-refractivity contribution < 1.29 is 4.79 Å². The van der Waals surface area contributed by atoms with Gasteiger partial charge in [-0.2, -0.15) is 5.10 Å². The fourth-order valence-electron chi connectivity index (χ4n) is 1.65. The number of carbonyl (C=O) groups is 1. The second-order valence-corrected chi connectivity index (χ2v) is 4.38. The van der Waals surface area contributed by atoms with E-state index in [1.165, 1.54) is 6.33 Å². The third-order valence-electron chi connectivity index (χ3n) is 2.55. The summed E-state index contributed by atoms with van der Waals surface area (Å²) in [5, 5.41) is 9.93. The van der Waals surface area contributed by atoms with Crippen LogP contribution in [0.15, 0.2) is 18.6 Å². The van der Waals surface area contributed by atoms with Gasteiger partial charge in [0.2, 0.25) is 0 Å². The van der Waals surface area contributed by atoms with Crippen molar-refractivity contribution in [3.8, 4) is 0 Å². The highest BCUT2D eigenvalue weighted by Crippen LogP contribution is 2.12. The average Bonchev–Trinajstić information content (AvgIpc) is 2.94. The molecule has 2 N–H and O–H groups in total. The predicted molar refractivity (Wildman–Crippen MR) is 67.5 cm³/mol. The Bertz CT molecular complexity index is 520. The molecular weight excluding hydrogens is 254 g/mol. The Kier molecular flexibility index (Phi) is 3.99. The van der Waals surface area contributed by atoms with Gasteiger partial charge in [0, 0.05) is 26.2 Å². The smallest absolute Gasteiger partial charge is 0.267 e. The van der Waals surface area contributed by atoms with Crippen LogP contribution in [0.25, 0.3) is 0 Å². The first kappa shape index (κ1) is 12.6. The largest absolute Gasteiger partial charge is 0.351 e. The Morgan fingerprint density at radius 1 is 1.61 bits per heavy atom. The molecule has 0 saturated heterocycles. The van der Waals surface area contributed by atoms with Crippen LogP contribution in [-0.2, 0) is 13.5 Å². The highest BCUT2D eigenvalue weighted by Gasteiger charge is 2.10. The average molecular weight is 268 g/mol. The lowest BCUT2D eigenvalue weighted by molar-refractivity contribution is 0.0945. The summed E-state index contributed by atoms with van der Waals surface area (Å²) in [4.78, 5) is 15.8. The monoisotopic (exact) mass is 267 g/mol. The molecule has 18 heavy (non-hydrogen) atoms. The SMILES string of the molecule is Cn1cc(Cl)cc1C(=O)NCCCc1ncn[nH]1. The van der Waals surface area contributed by atoms with E-state index in [1.807, 2.05) is 0 Å². The molecule has 2 aromatic heterocycles. The molecule has 2 aromatic rings. The van der Waals surface area contributed by atoms with Crippen LogP contribution in [-0.4, -0.2) is 32.2 Å². The zero-order valence-corrected chi connectivity index (χ0v) is 10.7. The Hall–Kier alpha value is -1.82. The molecule has 0 spiro atoms. The van der Waals surface area contributed by atoms with E-state index in [9.17, 15) is 4.79 Å². The minimum Gasteiger partial charge on any atom is -0.351 e. The Balaban J connectivity index is 1.77. The van der Waals surface area contributed by atoms with Crippen LogP contribution in [0.2, 0.25) is 5.02 Å². The maximum Gasteiger partial charge on any atom is 0.267 e. The van der Waals surface area contributed by atoms with Crippen molar-refractivity contribution >= 4 is 17.5 Å². The lowest BCUT2D eigenvalue weighted by Crippen LogP contribution is -2.26. The summed E-state index contributed by atoms with van der Waals surface area (Å²) in [6, 6.07) is 1.65. The van der Waals surface area contributed by atoms with Crippen LogP contribution in [0.1, 0.15) is 22.7 Å². The van der Waals surface area contributed by atoms with Crippen LogP contribution in [0.3, 0.4) is 0 Å². The van der Waals surface area contributed by atoms with Crippen molar-refractivity contribution in [3.63, 3.8) is 0 Å². The maximum atomic E-state index is 11.8. The number of halogens is 1. The normalized spacial score (nSPS) is 10.6. The van der Waals surface area contributed by atoms with Crippen molar-refractivity contribution in [2.45, 2.75) is 12.8 Å². The predicted octanol–water partition coefficient (Wildman–Crippen LogP) is 1.16. The third-order valence-corrected chi connectivity index (χ3v) is 2.75. The van der Waals surface area contributed by atoms with E-state index < -0.39 is 0 Å². The van der Waals surface area contributed by atoms with Gasteiger partial charge in [-0.25, -0.2) is 4.98 Å². The molecule has 0 radical (unpaired) electrons. The molecule has 0 fully saturated rings. The molecule has 0 aliphatic rings. The zero-order valence-electron chi connectivity index (χ0n) is 9.98. The van der Waals surface area contributed by atoms with Gasteiger partial charge in [0.25, 0.3) is 5.91 Å². The van der Waals surface area contributed by atoms with Gasteiger partial charge < -0.3 is 9.88 Å². The molecule has 7 heteroatoms. The molecule has 0 aromatic carbocycles. The summed E-state index contributed by atoms with van der Waals surface area (Å²) in [5.41, 5.74) is 0.555. The van der Waals surface area contributed by atoms with Crippen molar-refractivity contribution in [1.82, 2.24) is 25.1 Å². The lowest BCUT2D eigenvalue weighted by Gasteiger charge is -2.05. The number of amides is 1. The number of aromatic amines is 1. The second-order valence-electron chi connectivity index (χ2n) is 3.95. The van der Waals surface area contributed by atoms with Crippen molar-refractivity contribution in [2.24, 2.45) is 7.05 Å². The number of hydrogen-bond donors (Lipinski definition) is 2. The molecular formula is C11H14ClN5O. The topological polar surface area (TPSA) is 75.6 Å². The van der Waals surface area contributed by atoms with E-state index in [4.69, 9.17) is 11.6 Å². The molecule has 0 bridgehead atoms. The van der Waals surface area contributed by atoms with Gasteiger partial charge in [-0.3, -0.25) is 9.89 Å². The van der Waals surface area contributed by atoms with Crippen LogP contribution < -0.4 is 5.32 Å². The minimum absolute atomic E-state index is 0.123. The van der Waals surface area contributed by atoms with Crippen molar-refractivity contribution in [2.75, 3.05) is 6.54 Å². The van der Waals surface area contributed by atoms with E-state index >= 15 is 0 Å². The first-order valence-corrected chi connectivity index (χ1v) is 5.99.